The van der Waals surface area contributed by atoms with Gasteiger partial charge >= 0.3 is 0 Å². The summed E-state index contributed by atoms with van der Waals surface area (Å²) in [7, 11) is 0. The summed E-state index contributed by atoms with van der Waals surface area (Å²) in [6.45, 7) is 0.548. The molecule has 0 atom stereocenters. The fraction of sp³-hybridized carbons (Fsp3) is 0.143. The van der Waals surface area contributed by atoms with Crippen LogP contribution in [0.1, 0.15) is 5.56 Å². The highest BCUT2D eigenvalue weighted by molar-refractivity contribution is 9.14. The molecular formula is C7H6Br3N. The zero-order valence-corrected chi connectivity index (χ0v) is 10.3. The molecule has 0 aliphatic carbocycles. The minimum absolute atomic E-state index is 0.548. The van der Waals surface area contributed by atoms with Gasteiger partial charge in [0.05, 0.1) is 0 Å². The average Bonchev–Trinajstić information content (AvgIpc) is 2.01. The van der Waals surface area contributed by atoms with Gasteiger partial charge in [-0.15, -0.1) is 0 Å². The first kappa shape index (κ1) is 9.71. The van der Waals surface area contributed by atoms with Crippen LogP contribution in [0.3, 0.4) is 0 Å². The molecule has 0 amide bonds. The topological polar surface area (TPSA) is 26.0 Å². The Hall–Kier alpha value is 0.620. The van der Waals surface area contributed by atoms with Crippen LogP contribution in [0.25, 0.3) is 0 Å². The maximum absolute atomic E-state index is 5.50. The lowest BCUT2D eigenvalue weighted by Crippen LogP contribution is -1.97. The summed E-state index contributed by atoms with van der Waals surface area (Å²) < 4.78 is 3.07. The van der Waals surface area contributed by atoms with E-state index < -0.39 is 0 Å². The van der Waals surface area contributed by atoms with Crippen LogP contribution in [0.15, 0.2) is 25.6 Å². The Bertz CT molecular complexity index is 273. The zero-order chi connectivity index (χ0) is 8.43. The van der Waals surface area contributed by atoms with E-state index in [1.54, 1.807) is 0 Å². The third kappa shape index (κ3) is 2.05. The smallest absolute Gasteiger partial charge is 0.0462 e. The predicted octanol–water partition coefficient (Wildman–Crippen LogP) is 3.43. The molecule has 0 spiro atoms. The molecule has 1 rings (SSSR count). The average molecular weight is 344 g/mol. The largest absolute Gasteiger partial charge is 0.326 e. The molecular weight excluding hydrogens is 338 g/mol. The van der Waals surface area contributed by atoms with Gasteiger partial charge in [0, 0.05) is 20.0 Å². The number of hydrogen-bond acceptors (Lipinski definition) is 1. The van der Waals surface area contributed by atoms with Gasteiger partial charge in [0.15, 0.2) is 0 Å². The molecule has 0 aliphatic rings. The number of nitrogens with two attached hydrogens (primary N) is 1. The van der Waals surface area contributed by atoms with E-state index in [1.807, 2.05) is 12.1 Å². The van der Waals surface area contributed by atoms with Gasteiger partial charge in [-0.1, -0.05) is 6.07 Å². The number of benzene rings is 1. The fourth-order valence-electron chi connectivity index (χ4n) is 0.724. The van der Waals surface area contributed by atoms with E-state index in [1.165, 1.54) is 0 Å². The first-order valence-corrected chi connectivity index (χ1v) is 5.37. The Morgan fingerprint density at radius 2 is 1.73 bits per heavy atom. The Labute approximate surface area is 90.7 Å². The molecule has 0 aliphatic heterocycles. The summed E-state index contributed by atoms with van der Waals surface area (Å²) >= 11 is 10.2. The van der Waals surface area contributed by atoms with E-state index in [2.05, 4.69) is 47.8 Å². The minimum atomic E-state index is 0.548. The van der Waals surface area contributed by atoms with Crippen LogP contribution in [0, 0.1) is 0 Å². The van der Waals surface area contributed by atoms with Crippen molar-refractivity contribution in [3.8, 4) is 0 Å². The molecule has 1 aromatic carbocycles. The van der Waals surface area contributed by atoms with Crippen molar-refractivity contribution in [1.29, 1.82) is 0 Å². The first-order chi connectivity index (χ1) is 5.16. The second kappa shape index (κ2) is 4.03. The molecule has 0 unspecified atom stereocenters. The quantitative estimate of drug-likeness (QED) is 0.777. The molecule has 1 nitrogen and oxygen atoms in total. The molecule has 0 aromatic heterocycles. The van der Waals surface area contributed by atoms with Gasteiger partial charge < -0.3 is 5.73 Å². The standard InChI is InChI=1S/C7H6Br3N/c8-5-2-1-4(3-11)6(9)7(5)10/h1-2H,3,11H2. The van der Waals surface area contributed by atoms with Crippen LogP contribution in [-0.4, -0.2) is 0 Å². The molecule has 0 saturated heterocycles. The van der Waals surface area contributed by atoms with E-state index in [0.29, 0.717) is 6.54 Å². The summed E-state index contributed by atoms with van der Waals surface area (Å²) in [5.41, 5.74) is 6.60. The van der Waals surface area contributed by atoms with Crippen molar-refractivity contribution in [3.63, 3.8) is 0 Å². The van der Waals surface area contributed by atoms with Crippen molar-refractivity contribution >= 4 is 47.8 Å². The van der Waals surface area contributed by atoms with Gasteiger partial charge in [-0.2, -0.15) is 0 Å². The first-order valence-electron chi connectivity index (χ1n) is 2.99. The second-order valence-electron chi connectivity index (χ2n) is 2.04. The highest BCUT2D eigenvalue weighted by atomic mass is 79.9. The number of rotatable bonds is 1. The van der Waals surface area contributed by atoms with E-state index >= 15 is 0 Å². The molecule has 2 N–H and O–H groups in total. The highest BCUT2D eigenvalue weighted by Gasteiger charge is 2.04. The van der Waals surface area contributed by atoms with Gasteiger partial charge in [0.1, 0.15) is 0 Å². The van der Waals surface area contributed by atoms with Crippen molar-refractivity contribution in [2.24, 2.45) is 5.73 Å². The van der Waals surface area contributed by atoms with E-state index in [4.69, 9.17) is 5.73 Å². The Morgan fingerprint density at radius 3 is 2.27 bits per heavy atom. The molecule has 60 valence electrons. The van der Waals surface area contributed by atoms with Crippen LogP contribution in [0.2, 0.25) is 0 Å². The molecule has 0 fully saturated rings. The molecule has 0 bridgehead atoms. The van der Waals surface area contributed by atoms with Crippen LogP contribution in [0.5, 0.6) is 0 Å². The summed E-state index contributed by atoms with van der Waals surface area (Å²) in [5, 5.41) is 0. The van der Waals surface area contributed by atoms with Gasteiger partial charge in [0.25, 0.3) is 0 Å². The normalized spacial score (nSPS) is 10.2. The monoisotopic (exact) mass is 341 g/mol. The van der Waals surface area contributed by atoms with Crippen molar-refractivity contribution < 1.29 is 0 Å². The zero-order valence-electron chi connectivity index (χ0n) is 5.57. The van der Waals surface area contributed by atoms with Gasteiger partial charge in [-0.05, 0) is 59.4 Å². The Balaban J connectivity index is 3.25. The molecule has 1 aromatic rings. The predicted molar refractivity (Wildman–Crippen MR) is 57.4 cm³/mol. The van der Waals surface area contributed by atoms with Gasteiger partial charge in [0.2, 0.25) is 0 Å². The summed E-state index contributed by atoms with van der Waals surface area (Å²) in [5.74, 6) is 0. The second-order valence-corrected chi connectivity index (χ2v) is 4.48. The number of halogens is 3. The molecule has 4 heteroatoms. The maximum atomic E-state index is 5.50. The highest BCUT2D eigenvalue weighted by Crippen LogP contribution is 2.33. The van der Waals surface area contributed by atoms with E-state index in [9.17, 15) is 0 Å². The van der Waals surface area contributed by atoms with Crippen molar-refractivity contribution in [2.75, 3.05) is 0 Å². The minimum Gasteiger partial charge on any atom is -0.326 e. The molecule has 0 saturated carbocycles. The van der Waals surface area contributed by atoms with Crippen LogP contribution < -0.4 is 5.73 Å². The number of hydrogen-bond donors (Lipinski definition) is 1. The third-order valence-electron chi connectivity index (χ3n) is 1.34. The lowest BCUT2D eigenvalue weighted by Gasteiger charge is -2.04. The lowest BCUT2D eigenvalue weighted by molar-refractivity contribution is 1.06. The summed E-state index contributed by atoms with van der Waals surface area (Å²) in [4.78, 5) is 0. The molecule has 11 heavy (non-hydrogen) atoms. The van der Waals surface area contributed by atoms with Crippen LogP contribution in [0.4, 0.5) is 0 Å². The summed E-state index contributed by atoms with van der Waals surface area (Å²) in [6, 6.07) is 3.95. The van der Waals surface area contributed by atoms with Crippen molar-refractivity contribution in [2.45, 2.75) is 6.54 Å². The molecule has 0 heterocycles. The van der Waals surface area contributed by atoms with Crippen molar-refractivity contribution in [1.82, 2.24) is 0 Å². The third-order valence-corrected chi connectivity index (χ3v) is 4.79. The lowest BCUT2D eigenvalue weighted by atomic mass is 10.2. The van der Waals surface area contributed by atoms with Gasteiger partial charge in [-0.25, -0.2) is 0 Å². The SMILES string of the molecule is NCc1ccc(Br)c(Br)c1Br. The van der Waals surface area contributed by atoms with Crippen LogP contribution in [-0.2, 0) is 6.54 Å². The van der Waals surface area contributed by atoms with E-state index in [-0.39, 0.29) is 0 Å². The maximum Gasteiger partial charge on any atom is 0.0462 e. The fourth-order valence-corrected chi connectivity index (χ4v) is 2.21. The Morgan fingerprint density at radius 1 is 1.09 bits per heavy atom. The summed E-state index contributed by atoms with van der Waals surface area (Å²) in [6.07, 6.45) is 0. The van der Waals surface area contributed by atoms with Crippen LogP contribution >= 0.6 is 47.8 Å². The molecule has 0 radical (unpaired) electrons. The Kier molecular flexibility index (Phi) is 3.55. The van der Waals surface area contributed by atoms with Gasteiger partial charge in [-0.3, -0.25) is 0 Å². The van der Waals surface area contributed by atoms with E-state index in [0.717, 1.165) is 19.0 Å². The van der Waals surface area contributed by atoms with Crippen molar-refractivity contribution in [3.05, 3.63) is 31.1 Å².